The molecule has 27 heavy (non-hydrogen) atoms. The molecule has 0 amide bonds. The van der Waals surface area contributed by atoms with Crippen molar-refractivity contribution >= 4 is 0 Å². The van der Waals surface area contributed by atoms with Crippen LogP contribution in [-0.4, -0.2) is 22.6 Å². The predicted molar refractivity (Wildman–Crippen MR) is 103 cm³/mol. The number of nitrogens with zero attached hydrogens (tertiary/aromatic N) is 2. The molecule has 2 heterocycles. The highest BCUT2D eigenvalue weighted by atomic mass is 19.1. The maximum absolute atomic E-state index is 13.2. The lowest BCUT2D eigenvalue weighted by molar-refractivity contribution is 0.440. The highest BCUT2D eigenvalue weighted by Gasteiger charge is 2.27. The average molecular weight is 365 g/mol. The van der Waals surface area contributed by atoms with E-state index in [-0.39, 0.29) is 11.9 Å². The van der Waals surface area contributed by atoms with Crippen LogP contribution < -0.4 is 16.2 Å². The van der Waals surface area contributed by atoms with Gasteiger partial charge in [0, 0.05) is 44.5 Å². The van der Waals surface area contributed by atoms with Gasteiger partial charge in [-0.05, 0) is 28.8 Å². The SMILES string of the molecule is Fc1ccc(C2NNCC2CNCc2ccccc2Cn2ccnc2)cc1. The second kappa shape index (κ2) is 8.43. The van der Waals surface area contributed by atoms with Crippen LogP contribution in [0.2, 0.25) is 0 Å². The van der Waals surface area contributed by atoms with Crippen molar-refractivity contribution in [3.63, 3.8) is 0 Å². The Kier molecular flexibility index (Phi) is 5.58. The normalized spacial score (nSPS) is 19.4. The zero-order chi connectivity index (χ0) is 18.5. The van der Waals surface area contributed by atoms with Crippen LogP contribution in [0.4, 0.5) is 4.39 Å². The Morgan fingerprint density at radius 3 is 2.70 bits per heavy atom. The van der Waals surface area contributed by atoms with Crippen LogP contribution >= 0.6 is 0 Å². The number of nitrogens with one attached hydrogen (secondary N) is 3. The number of halogens is 1. The Morgan fingerprint density at radius 2 is 1.93 bits per heavy atom. The van der Waals surface area contributed by atoms with Gasteiger partial charge in [-0.3, -0.25) is 5.43 Å². The summed E-state index contributed by atoms with van der Waals surface area (Å²) in [6, 6.07) is 15.4. The van der Waals surface area contributed by atoms with E-state index < -0.39 is 0 Å². The number of benzene rings is 2. The van der Waals surface area contributed by atoms with Crippen LogP contribution in [0.25, 0.3) is 0 Å². The third-order valence-corrected chi connectivity index (χ3v) is 5.07. The van der Waals surface area contributed by atoms with Crippen LogP contribution in [0, 0.1) is 11.7 Å². The summed E-state index contributed by atoms with van der Waals surface area (Å²) in [4.78, 5) is 4.11. The van der Waals surface area contributed by atoms with E-state index in [0.717, 1.165) is 31.7 Å². The third-order valence-electron chi connectivity index (χ3n) is 5.07. The first-order chi connectivity index (χ1) is 13.3. The predicted octanol–water partition coefficient (Wildman–Crippen LogP) is 2.63. The van der Waals surface area contributed by atoms with Gasteiger partial charge in [0.05, 0.1) is 12.4 Å². The minimum absolute atomic E-state index is 0.180. The molecule has 3 N–H and O–H groups in total. The molecule has 140 valence electrons. The van der Waals surface area contributed by atoms with Crippen LogP contribution in [0.5, 0.6) is 0 Å². The highest BCUT2D eigenvalue weighted by Crippen LogP contribution is 2.24. The summed E-state index contributed by atoms with van der Waals surface area (Å²) in [5, 5.41) is 3.60. The van der Waals surface area contributed by atoms with Gasteiger partial charge in [-0.25, -0.2) is 14.8 Å². The molecule has 5 nitrogen and oxygen atoms in total. The highest BCUT2D eigenvalue weighted by molar-refractivity contribution is 5.27. The summed E-state index contributed by atoms with van der Waals surface area (Å²) >= 11 is 0. The molecule has 1 aromatic heterocycles. The summed E-state index contributed by atoms with van der Waals surface area (Å²) in [5.74, 6) is 0.199. The van der Waals surface area contributed by atoms with Gasteiger partial charge in [-0.2, -0.15) is 0 Å². The molecule has 1 saturated heterocycles. The molecule has 0 aliphatic carbocycles. The topological polar surface area (TPSA) is 53.9 Å². The Bertz CT molecular complexity index is 847. The molecule has 6 heteroatoms. The molecule has 0 spiro atoms. The van der Waals surface area contributed by atoms with Gasteiger partial charge in [0.15, 0.2) is 0 Å². The number of aromatic nitrogens is 2. The van der Waals surface area contributed by atoms with E-state index in [1.165, 1.54) is 23.3 Å². The van der Waals surface area contributed by atoms with Gasteiger partial charge in [-0.1, -0.05) is 36.4 Å². The summed E-state index contributed by atoms with van der Waals surface area (Å²) in [5.41, 5.74) is 10.2. The summed E-state index contributed by atoms with van der Waals surface area (Å²) < 4.78 is 15.3. The summed E-state index contributed by atoms with van der Waals surface area (Å²) in [7, 11) is 0. The van der Waals surface area contributed by atoms with E-state index in [0.29, 0.717) is 5.92 Å². The van der Waals surface area contributed by atoms with Crippen LogP contribution in [-0.2, 0) is 13.1 Å². The van der Waals surface area contributed by atoms with Crippen LogP contribution in [0.15, 0.2) is 67.3 Å². The monoisotopic (exact) mass is 365 g/mol. The second-order valence-corrected chi connectivity index (χ2v) is 6.95. The first-order valence-electron chi connectivity index (χ1n) is 9.27. The molecule has 1 aliphatic heterocycles. The number of hydrogen-bond acceptors (Lipinski definition) is 4. The number of hydrogen-bond donors (Lipinski definition) is 3. The Labute approximate surface area is 158 Å². The van der Waals surface area contributed by atoms with Crippen molar-refractivity contribution in [1.29, 1.82) is 0 Å². The smallest absolute Gasteiger partial charge is 0.123 e. The fraction of sp³-hybridized carbons (Fsp3) is 0.286. The van der Waals surface area contributed by atoms with Crippen LogP contribution in [0.3, 0.4) is 0 Å². The molecule has 0 radical (unpaired) electrons. The lowest BCUT2D eigenvalue weighted by Gasteiger charge is -2.20. The van der Waals surface area contributed by atoms with Gasteiger partial charge in [0.1, 0.15) is 5.82 Å². The lowest BCUT2D eigenvalue weighted by atomic mass is 9.94. The second-order valence-electron chi connectivity index (χ2n) is 6.95. The first-order valence-corrected chi connectivity index (χ1v) is 9.27. The van der Waals surface area contributed by atoms with Gasteiger partial charge >= 0.3 is 0 Å². The molecule has 2 aromatic carbocycles. The lowest BCUT2D eigenvalue weighted by Crippen LogP contribution is -2.28. The van der Waals surface area contributed by atoms with Gasteiger partial charge < -0.3 is 9.88 Å². The van der Waals surface area contributed by atoms with Crippen molar-refractivity contribution in [2.24, 2.45) is 5.92 Å². The Balaban J connectivity index is 1.36. The molecule has 0 saturated carbocycles. The minimum Gasteiger partial charge on any atom is -0.333 e. The molecule has 2 unspecified atom stereocenters. The summed E-state index contributed by atoms with van der Waals surface area (Å²) in [6.45, 7) is 3.40. The zero-order valence-corrected chi connectivity index (χ0v) is 15.1. The van der Waals surface area contributed by atoms with E-state index >= 15 is 0 Å². The molecule has 3 aromatic rings. The molecule has 0 bridgehead atoms. The van der Waals surface area contributed by atoms with Crippen molar-refractivity contribution in [3.05, 3.63) is 89.8 Å². The number of rotatable bonds is 7. The van der Waals surface area contributed by atoms with E-state index in [4.69, 9.17) is 0 Å². The molecule has 1 fully saturated rings. The van der Waals surface area contributed by atoms with Crippen molar-refractivity contribution in [1.82, 2.24) is 25.7 Å². The molecular weight excluding hydrogens is 341 g/mol. The fourth-order valence-corrected chi connectivity index (χ4v) is 3.60. The van der Waals surface area contributed by atoms with Crippen molar-refractivity contribution in [2.75, 3.05) is 13.1 Å². The van der Waals surface area contributed by atoms with Gasteiger partial charge in [0.25, 0.3) is 0 Å². The fourth-order valence-electron chi connectivity index (χ4n) is 3.60. The molecular formula is C21H24FN5. The Hall–Kier alpha value is -2.54. The number of imidazole rings is 1. The summed E-state index contributed by atoms with van der Waals surface area (Å²) in [6.07, 6.45) is 5.62. The van der Waals surface area contributed by atoms with Crippen molar-refractivity contribution in [2.45, 2.75) is 19.1 Å². The Morgan fingerprint density at radius 1 is 1.11 bits per heavy atom. The minimum atomic E-state index is -0.200. The van der Waals surface area contributed by atoms with Crippen LogP contribution in [0.1, 0.15) is 22.7 Å². The third kappa shape index (κ3) is 4.42. The quantitative estimate of drug-likeness (QED) is 0.603. The average Bonchev–Trinajstić information content (AvgIpc) is 3.36. The largest absolute Gasteiger partial charge is 0.333 e. The first kappa shape index (κ1) is 17.9. The van der Waals surface area contributed by atoms with E-state index in [9.17, 15) is 4.39 Å². The van der Waals surface area contributed by atoms with E-state index in [2.05, 4.69) is 50.0 Å². The van der Waals surface area contributed by atoms with E-state index in [1.807, 2.05) is 24.7 Å². The number of hydrazine groups is 1. The standard InChI is InChI=1S/C21H24FN5/c22-20-7-5-16(6-8-20)21-19(13-25-26-21)12-24-11-17-3-1-2-4-18(17)14-27-10-9-23-15-27/h1-10,15,19,21,24-26H,11-14H2. The zero-order valence-electron chi connectivity index (χ0n) is 15.1. The van der Waals surface area contributed by atoms with E-state index in [1.54, 1.807) is 6.20 Å². The maximum atomic E-state index is 13.2. The molecule has 2 atom stereocenters. The molecule has 1 aliphatic rings. The molecule has 4 rings (SSSR count). The van der Waals surface area contributed by atoms with Gasteiger partial charge in [-0.15, -0.1) is 0 Å². The van der Waals surface area contributed by atoms with Crippen molar-refractivity contribution in [3.8, 4) is 0 Å². The maximum Gasteiger partial charge on any atom is 0.123 e. The van der Waals surface area contributed by atoms with Crippen molar-refractivity contribution < 1.29 is 4.39 Å². The van der Waals surface area contributed by atoms with Gasteiger partial charge in [0.2, 0.25) is 0 Å².